The van der Waals surface area contributed by atoms with Crippen molar-refractivity contribution in [2.75, 3.05) is 39.9 Å². The van der Waals surface area contributed by atoms with E-state index < -0.39 is 0 Å². The lowest BCUT2D eigenvalue weighted by atomic mass is 10.1. The van der Waals surface area contributed by atoms with Gasteiger partial charge in [0.25, 0.3) is 0 Å². The normalized spacial score (nSPS) is 18.4. The van der Waals surface area contributed by atoms with Gasteiger partial charge in [-0.15, -0.1) is 12.4 Å². The van der Waals surface area contributed by atoms with Gasteiger partial charge in [0, 0.05) is 12.6 Å². The van der Waals surface area contributed by atoms with E-state index >= 15 is 0 Å². The second kappa shape index (κ2) is 10.7. The Labute approximate surface area is 140 Å². The first-order valence-electron chi connectivity index (χ1n) is 8.06. The van der Waals surface area contributed by atoms with Gasteiger partial charge in [-0.3, -0.25) is 4.90 Å². The molecule has 0 aliphatic carbocycles. The molecule has 0 bridgehead atoms. The standard InChI is InChI=1S/C17H28N2O2.ClH/c1-3-20-16-6-8-17(9-7-16)21-14-13-19(2)15-5-4-11-18-12-10-15;/h6-9,15,18H,3-5,10-14H2,1-2H3;1H. The molecule has 0 spiro atoms. The molecule has 1 saturated heterocycles. The zero-order valence-corrected chi connectivity index (χ0v) is 14.5. The second-order valence-electron chi connectivity index (χ2n) is 5.57. The second-order valence-corrected chi connectivity index (χ2v) is 5.57. The Bertz CT molecular complexity index is 392. The lowest BCUT2D eigenvalue weighted by molar-refractivity contribution is 0.180. The topological polar surface area (TPSA) is 33.7 Å². The Morgan fingerprint density at radius 1 is 1.09 bits per heavy atom. The number of halogens is 1. The minimum Gasteiger partial charge on any atom is -0.494 e. The lowest BCUT2D eigenvalue weighted by Gasteiger charge is -2.26. The van der Waals surface area contributed by atoms with Crippen LogP contribution in [0.4, 0.5) is 0 Å². The fourth-order valence-corrected chi connectivity index (χ4v) is 2.73. The molecular weight excluding hydrogens is 300 g/mol. The zero-order valence-electron chi connectivity index (χ0n) is 13.7. The number of benzene rings is 1. The highest BCUT2D eigenvalue weighted by molar-refractivity contribution is 5.85. The van der Waals surface area contributed by atoms with E-state index in [4.69, 9.17) is 9.47 Å². The molecule has 1 aromatic rings. The summed E-state index contributed by atoms with van der Waals surface area (Å²) in [4.78, 5) is 2.43. The van der Waals surface area contributed by atoms with Crippen molar-refractivity contribution in [1.82, 2.24) is 10.2 Å². The highest BCUT2D eigenvalue weighted by atomic mass is 35.5. The molecular formula is C17H29ClN2O2. The van der Waals surface area contributed by atoms with Crippen LogP contribution in [0.25, 0.3) is 0 Å². The van der Waals surface area contributed by atoms with Gasteiger partial charge < -0.3 is 14.8 Å². The van der Waals surface area contributed by atoms with Gasteiger partial charge in [0.1, 0.15) is 18.1 Å². The molecule has 4 nitrogen and oxygen atoms in total. The molecule has 1 unspecified atom stereocenters. The van der Waals surface area contributed by atoms with E-state index in [0.29, 0.717) is 12.6 Å². The summed E-state index contributed by atoms with van der Waals surface area (Å²) < 4.78 is 11.2. The predicted molar refractivity (Wildman–Crippen MR) is 93.5 cm³/mol. The third-order valence-corrected chi connectivity index (χ3v) is 4.02. The average molecular weight is 329 g/mol. The van der Waals surface area contributed by atoms with Crippen molar-refractivity contribution in [3.63, 3.8) is 0 Å². The van der Waals surface area contributed by atoms with Crippen LogP contribution >= 0.6 is 12.4 Å². The highest BCUT2D eigenvalue weighted by Crippen LogP contribution is 2.17. The molecule has 1 heterocycles. The smallest absolute Gasteiger partial charge is 0.119 e. The number of hydrogen-bond acceptors (Lipinski definition) is 4. The first-order chi connectivity index (χ1) is 10.3. The molecule has 0 amide bonds. The fourth-order valence-electron chi connectivity index (χ4n) is 2.73. The monoisotopic (exact) mass is 328 g/mol. The Morgan fingerprint density at radius 3 is 2.45 bits per heavy atom. The summed E-state index contributed by atoms with van der Waals surface area (Å²) in [6.07, 6.45) is 3.79. The molecule has 22 heavy (non-hydrogen) atoms. The van der Waals surface area contributed by atoms with E-state index in [1.165, 1.54) is 19.3 Å². The van der Waals surface area contributed by atoms with Crippen molar-refractivity contribution < 1.29 is 9.47 Å². The Kier molecular flexibility index (Phi) is 9.28. The van der Waals surface area contributed by atoms with Gasteiger partial charge >= 0.3 is 0 Å². The molecule has 1 aliphatic heterocycles. The minimum atomic E-state index is 0. The van der Waals surface area contributed by atoms with Crippen molar-refractivity contribution in [2.45, 2.75) is 32.2 Å². The maximum absolute atomic E-state index is 5.82. The molecule has 1 aliphatic rings. The maximum Gasteiger partial charge on any atom is 0.119 e. The van der Waals surface area contributed by atoms with Crippen molar-refractivity contribution >= 4 is 12.4 Å². The van der Waals surface area contributed by atoms with Crippen LogP contribution in [0.1, 0.15) is 26.2 Å². The van der Waals surface area contributed by atoms with Gasteiger partial charge in [-0.25, -0.2) is 0 Å². The number of rotatable bonds is 7. The van der Waals surface area contributed by atoms with Crippen LogP contribution < -0.4 is 14.8 Å². The summed E-state index contributed by atoms with van der Waals surface area (Å²) in [5, 5.41) is 3.46. The minimum absolute atomic E-state index is 0. The first-order valence-corrected chi connectivity index (χ1v) is 8.06. The van der Waals surface area contributed by atoms with Crippen LogP contribution in [0.5, 0.6) is 11.5 Å². The Hall–Kier alpha value is -0.970. The van der Waals surface area contributed by atoms with Crippen LogP contribution in [0.3, 0.4) is 0 Å². The van der Waals surface area contributed by atoms with E-state index in [-0.39, 0.29) is 12.4 Å². The molecule has 1 fully saturated rings. The van der Waals surface area contributed by atoms with Crippen LogP contribution in [0, 0.1) is 0 Å². The zero-order chi connectivity index (χ0) is 14.9. The summed E-state index contributed by atoms with van der Waals surface area (Å²) in [6.45, 7) is 6.68. The van der Waals surface area contributed by atoms with Gasteiger partial charge in [-0.2, -0.15) is 0 Å². The largest absolute Gasteiger partial charge is 0.494 e. The average Bonchev–Trinajstić information content (AvgIpc) is 2.78. The number of nitrogens with one attached hydrogen (secondary N) is 1. The third kappa shape index (κ3) is 6.42. The molecule has 0 radical (unpaired) electrons. The summed E-state index contributed by atoms with van der Waals surface area (Å²) >= 11 is 0. The Morgan fingerprint density at radius 2 is 1.77 bits per heavy atom. The fraction of sp³-hybridized carbons (Fsp3) is 0.647. The quantitative estimate of drug-likeness (QED) is 0.834. The first kappa shape index (κ1) is 19.1. The molecule has 0 saturated carbocycles. The number of ether oxygens (including phenoxy) is 2. The van der Waals surface area contributed by atoms with E-state index in [2.05, 4.69) is 17.3 Å². The molecule has 1 atom stereocenters. The van der Waals surface area contributed by atoms with Crippen LogP contribution in [-0.4, -0.2) is 50.8 Å². The molecule has 1 N–H and O–H groups in total. The summed E-state index contributed by atoms with van der Waals surface area (Å²) in [5.41, 5.74) is 0. The predicted octanol–water partition coefficient (Wildman–Crippen LogP) is 2.96. The van der Waals surface area contributed by atoms with Gasteiger partial charge in [0.15, 0.2) is 0 Å². The van der Waals surface area contributed by atoms with Gasteiger partial charge in [-0.05, 0) is 70.6 Å². The number of likely N-dealkylation sites (N-methyl/N-ethyl adjacent to an activating group) is 1. The van der Waals surface area contributed by atoms with Gasteiger partial charge in [0.05, 0.1) is 6.61 Å². The maximum atomic E-state index is 5.82. The number of nitrogens with zero attached hydrogens (tertiary/aromatic N) is 1. The number of hydrogen-bond donors (Lipinski definition) is 1. The van der Waals surface area contributed by atoms with Gasteiger partial charge in [0.2, 0.25) is 0 Å². The molecule has 126 valence electrons. The van der Waals surface area contributed by atoms with Crippen LogP contribution in [-0.2, 0) is 0 Å². The van der Waals surface area contributed by atoms with Crippen molar-refractivity contribution in [1.29, 1.82) is 0 Å². The van der Waals surface area contributed by atoms with Crippen molar-refractivity contribution in [3.05, 3.63) is 24.3 Å². The summed E-state index contributed by atoms with van der Waals surface area (Å²) in [7, 11) is 2.21. The van der Waals surface area contributed by atoms with Crippen molar-refractivity contribution in [3.8, 4) is 11.5 Å². The molecule has 0 aromatic heterocycles. The highest BCUT2D eigenvalue weighted by Gasteiger charge is 2.16. The van der Waals surface area contributed by atoms with E-state index in [0.717, 1.165) is 37.7 Å². The van der Waals surface area contributed by atoms with E-state index in [1.54, 1.807) is 0 Å². The molecule has 5 heteroatoms. The Balaban J connectivity index is 0.00000242. The van der Waals surface area contributed by atoms with Crippen LogP contribution in [0.2, 0.25) is 0 Å². The SMILES string of the molecule is CCOc1ccc(OCCN(C)C2CCCNCC2)cc1.Cl. The van der Waals surface area contributed by atoms with Crippen molar-refractivity contribution in [2.24, 2.45) is 0 Å². The molecule has 2 rings (SSSR count). The summed E-state index contributed by atoms with van der Waals surface area (Å²) in [5.74, 6) is 1.81. The van der Waals surface area contributed by atoms with Gasteiger partial charge in [-0.1, -0.05) is 0 Å². The molecule has 1 aromatic carbocycles. The lowest BCUT2D eigenvalue weighted by Crippen LogP contribution is -2.35. The van der Waals surface area contributed by atoms with E-state index in [9.17, 15) is 0 Å². The van der Waals surface area contributed by atoms with Crippen LogP contribution in [0.15, 0.2) is 24.3 Å². The third-order valence-electron chi connectivity index (χ3n) is 4.02. The summed E-state index contributed by atoms with van der Waals surface area (Å²) in [6, 6.07) is 8.55. The van der Waals surface area contributed by atoms with E-state index in [1.807, 2.05) is 31.2 Å².